The third-order valence-electron chi connectivity index (χ3n) is 11.4. The Hall–Kier alpha value is -6.13. The van der Waals surface area contributed by atoms with Crippen molar-refractivity contribution in [2.24, 2.45) is 0 Å². The van der Waals surface area contributed by atoms with Crippen molar-refractivity contribution in [3.05, 3.63) is 168 Å². The first kappa shape index (κ1) is 29.8. The van der Waals surface area contributed by atoms with Crippen molar-refractivity contribution >= 4 is 11.0 Å². The SMILES string of the molecule is CC1(C)c2ccccc2-c2ccc(-c3cc(-c4ccc5c(c4)C(C)(C)c4ccccc4-5)c4nn(-c5cccc(-c6cccnc6)c5)nc4c3)cc21. The Kier molecular flexibility index (Phi) is 6.23. The van der Waals surface area contributed by atoms with Gasteiger partial charge in [0.25, 0.3) is 0 Å². The molecule has 0 aliphatic heterocycles. The summed E-state index contributed by atoms with van der Waals surface area (Å²) in [6.45, 7) is 9.35. The van der Waals surface area contributed by atoms with Crippen molar-refractivity contribution in [1.29, 1.82) is 0 Å². The van der Waals surface area contributed by atoms with Crippen molar-refractivity contribution < 1.29 is 0 Å². The first-order valence-electron chi connectivity index (χ1n) is 17.7. The lowest BCUT2D eigenvalue weighted by Gasteiger charge is -2.22. The molecule has 0 radical (unpaired) electrons. The number of nitrogens with zero attached hydrogens (tertiary/aromatic N) is 4. The minimum Gasteiger partial charge on any atom is -0.264 e. The van der Waals surface area contributed by atoms with Gasteiger partial charge in [-0.25, -0.2) is 0 Å². The van der Waals surface area contributed by atoms with E-state index in [2.05, 4.69) is 160 Å². The average molecular weight is 657 g/mol. The molecule has 0 amide bonds. The van der Waals surface area contributed by atoms with E-state index < -0.39 is 0 Å². The Balaban J connectivity index is 1.17. The maximum absolute atomic E-state index is 5.20. The van der Waals surface area contributed by atoms with Gasteiger partial charge in [-0.05, 0) is 109 Å². The molecule has 4 nitrogen and oxygen atoms in total. The van der Waals surface area contributed by atoms with Crippen LogP contribution in [0.25, 0.3) is 72.4 Å². The van der Waals surface area contributed by atoms with Crippen LogP contribution in [0.4, 0.5) is 0 Å². The third kappa shape index (κ3) is 4.42. The predicted molar refractivity (Wildman–Crippen MR) is 208 cm³/mol. The van der Waals surface area contributed by atoms with Gasteiger partial charge in [0.1, 0.15) is 11.0 Å². The fourth-order valence-electron chi connectivity index (χ4n) is 8.62. The Bertz CT molecular complexity index is 2700. The summed E-state index contributed by atoms with van der Waals surface area (Å²) in [7, 11) is 0. The lowest BCUT2D eigenvalue weighted by atomic mass is 9.81. The van der Waals surface area contributed by atoms with Crippen LogP contribution in [0.1, 0.15) is 49.9 Å². The van der Waals surface area contributed by atoms with Crippen LogP contribution in [0.3, 0.4) is 0 Å². The highest BCUT2D eigenvalue weighted by Gasteiger charge is 2.36. The maximum Gasteiger partial charge on any atom is 0.121 e. The molecule has 51 heavy (non-hydrogen) atoms. The molecule has 2 heterocycles. The van der Waals surface area contributed by atoms with Crippen molar-refractivity contribution in [3.8, 4) is 61.3 Å². The van der Waals surface area contributed by atoms with E-state index in [-0.39, 0.29) is 10.8 Å². The summed E-state index contributed by atoms with van der Waals surface area (Å²) in [4.78, 5) is 6.12. The molecule has 2 aliphatic rings. The quantitative estimate of drug-likeness (QED) is 0.189. The minimum absolute atomic E-state index is 0.0855. The largest absolute Gasteiger partial charge is 0.264 e. The summed E-state index contributed by atoms with van der Waals surface area (Å²) in [5.41, 5.74) is 19.9. The number of benzene rings is 6. The van der Waals surface area contributed by atoms with E-state index >= 15 is 0 Å². The standard InChI is InChI=1S/C47H36N4/c1-46(2)40-16-7-5-14-35(40)37-20-18-30(25-42(37)46)33-24-39(31-19-21-38-36-15-6-8-17-41(36)47(3,4)43(38)26-31)45-44(27-33)49-51(50-45)34-13-9-11-29(23-34)32-12-10-22-48-28-32/h5-28H,1-4H3. The first-order valence-corrected chi connectivity index (χ1v) is 17.7. The zero-order chi connectivity index (χ0) is 34.5. The predicted octanol–water partition coefficient (Wildman–Crippen LogP) is 11.4. The summed E-state index contributed by atoms with van der Waals surface area (Å²) in [6.07, 6.45) is 3.69. The van der Waals surface area contributed by atoms with E-state index in [0.717, 1.165) is 44.5 Å². The van der Waals surface area contributed by atoms with Crippen LogP contribution in [-0.2, 0) is 10.8 Å². The summed E-state index contributed by atoms with van der Waals surface area (Å²) >= 11 is 0. The van der Waals surface area contributed by atoms with E-state index in [1.807, 2.05) is 12.3 Å². The molecule has 6 aromatic carbocycles. The van der Waals surface area contributed by atoms with Crippen LogP contribution in [0, 0.1) is 0 Å². The van der Waals surface area contributed by atoms with Gasteiger partial charge in [0.05, 0.1) is 5.69 Å². The molecular weight excluding hydrogens is 621 g/mol. The highest BCUT2D eigenvalue weighted by Crippen LogP contribution is 2.51. The van der Waals surface area contributed by atoms with Gasteiger partial charge in [0, 0.05) is 34.4 Å². The van der Waals surface area contributed by atoms with Crippen LogP contribution >= 0.6 is 0 Å². The third-order valence-corrected chi connectivity index (χ3v) is 11.4. The van der Waals surface area contributed by atoms with Gasteiger partial charge in [-0.2, -0.15) is 4.80 Å². The van der Waals surface area contributed by atoms with Gasteiger partial charge in [-0.1, -0.05) is 119 Å². The molecule has 0 saturated heterocycles. The molecule has 2 aliphatic carbocycles. The number of pyridine rings is 1. The smallest absolute Gasteiger partial charge is 0.121 e. The number of hydrogen-bond acceptors (Lipinski definition) is 3. The highest BCUT2D eigenvalue weighted by atomic mass is 15.5. The molecular formula is C47H36N4. The normalized spacial score (nSPS) is 14.6. The molecule has 0 unspecified atom stereocenters. The molecule has 0 spiro atoms. The van der Waals surface area contributed by atoms with Crippen LogP contribution in [-0.4, -0.2) is 20.0 Å². The second-order valence-electron chi connectivity index (χ2n) is 15.0. The molecule has 4 heteroatoms. The summed E-state index contributed by atoms with van der Waals surface area (Å²) in [5.74, 6) is 0. The van der Waals surface area contributed by atoms with E-state index in [4.69, 9.17) is 10.2 Å². The molecule has 10 rings (SSSR count). The van der Waals surface area contributed by atoms with Crippen LogP contribution in [0.15, 0.2) is 146 Å². The summed E-state index contributed by atoms with van der Waals surface area (Å²) in [5, 5.41) is 10.3. The van der Waals surface area contributed by atoms with Crippen LogP contribution in [0.5, 0.6) is 0 Å². The lowest BCUT2D eigenvalue weighted by Crippen LogP contribution is -2.15. The summed E-state index contributed by atoms with van der Waals surface area (Å²) < 4.78 is 0. The number of rotatable bonds is 4. The zero-order valence-corrected chi connectivity index (χ0v) is 29.1. The summed E-state index contributed by atoms with van der Waals surface area (Å²) in [6, 6.07) is 48.5. The molecule has 0 N–H and O–H groups in total. The Morgan fingerprint density at radius 1 is 0.431 bits per heavy atom. The van der Waals surface area contributed by atoms with Crippen molar-refractivity contribution in [2.75, 3.05) is 0 Å². The van der Waals surface area contributed by atoms with Crippen molar-refractivity contribution in [1.82, 2.24) is 20.0 Å². The molecule has 0 saturated carbocycles. The van der Waals surface area contributed by atoms with Crippen molar-refractivity contribution in [3.63, 3.8) is 0 Å². The Labute approximate surface area is 298 Å². The van der Waals surface area contributed by atoms with E-state index in [0.29, 0.717) is 0 Å². The molecule has 8 aromatic rings. The van der Waals surface area contributed by atoms with Gasteiger partial charge in [-0.15, -0.1) is 10.2 Å². The first-order chi connectivity index (χ1) is 24.8. The second kappa shape index (κ2) is 10.7. The maximum atomic E-state index is 5.20. The monoisotopic (exact) mass is 656 g/mol. The second-order valence-corrected chi connectivity index (χ2v) is 15.0. The van der Waals surface area contributed by atoms with E-state index in [9.17, 15) is 0 Å². The van der Waals surface area contributed by atoms with Gasteiger partial charge >= 0.3 is 0 Å². The fourth-order valence-corrected chi connectivity index (χ4v) is 8.62. The minimum atomic E-state index is -0.108. The van der Waals surface area contributed by atoms with E-state index in [1.54, 1.807) is 11.0 Å². The van der Waals surface area contributed by atoms with Gasteiger partial charge in [0.15, 0.2) is 0 Å². The topological polar surface area (TPSA) is 43.6 Å². The Morgan fingerprint density at radius 2 is 1.04 bits per heavy atom. The number of aromatic nitrogens is 4. The fraction of sp³-hybridized carbons (Fsp3) is 0.128. The van der Waals surface area contributed by atoms with Gasteiger partial charge in [-0.3, -0.25) is 4.98 Å². The van der Waals surface area contributed by atoms with Crippen molar-refractivity contribution in [2.45, 2.75) is 38.5 Å². The number of hydrogen-bond donors (Lipinski definition) is 0. The molecule has 0 fully saturated rings. The van der Waals surface area contributed by atoms with E-state index in [1.165, 1.54) is 50.1 Å². The van der Waals surface area contributed by atoms with Crippen LogP contribution < -0.4 is 0 Å². The Morgan fingerprint density at radius 3 is 1.73 bits per heavy atom. The lowest BCUT2D eigenvalue weighted by molar-refractivity contribution is 0.660. The molecule has 0 atom stereocenters. The average Bonchev–Trinajstić information content (AvgIpc) is 3.78. The molecule has 0 bridgehead atoms. The van der Waals surface area contributed by atoms with Gasteiger partial charge in [0.2, 0.25) is 0 Å². The van der Waals surface area contributed by atoms with Gasteiger partial charge < -0.3 is 0 Å². The molecule has 2 aromatic heterocycles. The number of fused-ring (bicyclic) bond motifs is 7. The zero-order valence-electron chi connectivity index (χ0n) is 29.1. The van der Waals surface area contributed by atoms with Crippen LogP contribution in [0.2, 0.25) is 0 Å². The highest BCUT2D eigenvalue weighted by molar-refractivity contribution is 5.97. The molecule has 244 valence electrons.